The van der Waals surface area contributed by atoms with Crippen LogP contribution in [0.1, 0.15) is 12.8 Å². The summed E-state index contributed by atoms with van der Waals surface area (Å²) in [4.78, 5) is 2.17. The number of hydrogen-bond donors (Lipinski definition) is 1. The van der Waals surface area contributed by atoms with Crippen LogP contribution in [0.4, 0.5) is 8.78 Å². The van der Waals surface area contributed by atoms with Gasteiger partial charge >= 0.3 is 0 Å². The first-order valence-electron chi connectivity index (χ1n) is 4.91. The Morgan fingerprint density at radius 3 is 2.50 bits per heavy atom. The summed E-state index contributed by atoms with van der Waals surface area (Å²) in [6, 6.07) is 0. The van der Waals surface area contributed by atoms with E-state index in [2.05, 4.69) is 4.90 Å². The Bertz CT molecular complexity index is 170. The van der Waals surface area contributed by atoms with Crippen LogP contribution >= 0.6 is 0 Å². The predicted octanol–water partition coefficient (Wildman–Crippen LogP) is 0.691. The van der Waals surface area contributed by atoms with Crippen LogP contribution in [0.25, 0.3) is 0 Å². The van der Waals surface area contributed by atoms with E-state index in [1.54, 1.807) is 0 Å². The lowest BCUT2D eigenvalue weighted by Crippen LogP contribution is -2.39. The topological polar surface area (TPSA) is 38.5 Å². The number of hydrogen-bond acceptors (Lipinski definition) is 3. The van der Waals surface area contributed by atoms with Crippen molar-refractivity contribution in [2.75, 3.05) is 33.3 Å². The molecule has 0 unspecified atom stereocenters. The number of nitrogens with zero attached hydrogens (tertiary/aromatic N) is 1. The third kappa shape index (κ3) is 3.86. The van der Waals surface area contributed by atoms with Gasteiger partial charge in [0.2, 0.25) is 0 Å². The molecule has 0 amide bonds. The molecule has 0 aromatic heterocycles. The second kappa shape index (κ2) is 5.00. The van der Waals surface area contributed by atoms with Crippen LogP contribution in [0.2, 0.25) is 0 Å². The third-order valence-corrected chi connectivity index (χ3v) is 2.49. The van der Waals surface area contributed by atoms with Gasteiger partial charge < -0.3 is 15.4 Å². The van der Waals surface area contributed by atoms with E-state index < -0.39 is 19.1 Å². The van der Waals surface area contributed by atoms with Crippen LogP contribution in [-0.2, 0) is 4.74 Å². The monoisotopic (exact) mass is 208 g/mol. The van der Waals surface area contributed by atoms with Crippen molar-refractivity contribution in [3.8, 4) is 0 Å². The van der Waals surface area contributed by atoms with Gasteiger partial charge in [0.05, 0.1) is 12.6 Å². The minimum Gasteiger partial charge on any atom is -0.372 e. The van der Waals surface area contributed by atoms with Crippen LogP contribution in [0, 0.1) is 0 Å². The lowest BCUT2D eigenvalue weighted by Gasteiger charge is -2.29. The molecular formula is C9H18F2N2O. The second-order valence-corrected chi connectivity index (χ2v) is 3.87. The van der Waals surface area contributed by atoms with Crippen molar-refractivity contribution in [3.63, 3.8) is 0 Å². The fraction of sp³-hybridized carbons (Fsp3) is 1.00. The zero-order valence-corrected chi connectivity index (χ0v) is 8.51. The number of piperidine rings is 1. The van der Waals surface area contributed by atoms with Gasteiger partial charge in [0.25, 0.3) is 5.92 Å². The maximum absolute atomic E-state index is 12.7. The Kier molecular flexibility index (Phi) is 4.22. The third-order valence-electron chi connectivity index (χ3n) is 2.49. The first-order valence-corrected chi connectivity index (χ1v) is 4.91. The van der Waals surface area contributed by atoms with Crippen LogP contribution in [0.5, 0.6) is 0 Å². The summed E-state index contributed by atoms with van der Waals surface area (Å²) < 4.78 is 30.6. The molecule has 1 saturated heterocycles. The molecular weight excluding hydrogens is 190 g/mol. The Morgan fingerprint density at radius 2 is 2.00 bits per heavy atom. The molecule has 0 atom stereocenters. The molecule has 2 N–H and O–H groups in total. The summed E-state index contributed by atoms with van der Waals surface area (Å²) in [5.74, 6) is -2.87. The molecule has 0 saturated carbocycles. The molecule has 1 aliphatic heterocycles. The Labute approximate surface area is 83.2 Å². The van der Waals surface area contributed by atoms with Crippen LogP contribution in [0.3, 0.4) is 0 Å². The molecule has 1 aliphatic rings. The van der Waals surface area contributed by atoms with Crippen LogP contribution in [-0.4, -0.2) is 50.2 Å². The number of likely N-dealkylation sites (tertiary alicyclic amines) is 1. The van der Waals surface area contributed by atoms with Gasteiger partial charge in [0, 0.05) is 13.1 Å². The van der Waals surface area contributed by atoms with Crippen molar-refractivity contribution in [2.24, 2.45) is 5.73 Å². The highest BCUT2D eigenvalue weighted by atomic mass is 19.3. The minimum atomic E-state index is -2.87. The molecule has 1 heterocycles. The van der Waals surface area contributed by atoms with Gasteiger partial charge in [-0.25, -0.2) is 8.78 Å². The average Bonchev–Trinajstić information content (AvgIpc) is 2.17. The van der Waals surface area contributed by atoms with E-state index in [0.717, 1.165) is 25.9 Å². The van der Waals surface area contributed by atoms with Gasteiger partial charge in [0.1, 0.15) is 6.61 Å². The van der Waals surface area contributed by atoms with Gasteiger partial charge in [-0.15, -0.1) is 0 Å². The Hall–Kier alpha value is -0.260. The van der Waals surface area contributed by atoms with Crippen LogP contribution in [0.15, 0.2) is 0 Å². The van der Waals surface area contributed by atoms with Crippen molar-refractivity contribution in [3.05, 3.63) is 0 Å². The number of halogens is 2. The van der Waals surface area contributed by atoms with Crippen molar-refractivity contribution >= 4 is 0 Å². The smallest absolute Gasteiger partial charge is 0.282 e. The van der Waals surface area contributed by atoms with E-state index in [4.69, 9.17) is 10.5 Å². The molecule has 1 rings (SSSR count). The number of nitrogens with two attached hydrogens (primary N) is 1. The lowest BCUT2D eigenvalue weighted by atomic mass is 10.1. The highest BCUT2D eigenvalue weighted by molar-refractivity contribution is 4.72. The van der Waals surface area contributed by atoms with E-state index >= 15 is 0 Å². The molecule has 3 nitrogen and oxygen atoms in total. The van der Waals surface area contributed by atoms with Crippen molar-refractivity contribution in [2.45, 2.75) is 24.9 Å². The normalized spacial score (nSPS) is 21.4. The molecule has 0 spiro atoms. The maximum Gasteiger partial charge on any atom is 0.282 e. The fourth-order valence-corrected chi connectivity index (χ4v) is 1.45. The van der Waals surface area contributed by atoms with E-state index in [1.165, 1.54) is 0 Å². The minimum absolute atomic E-state index is 0.0244. The van der Waals surface area contributed by atoms with E-state index in [1.807, 2.05) is 7.05 Å². The first kappa shape index (κ1) is 11.8. The van der Waals surface area contributed by atoms with E-state index in [9.17, 15) is 8.78 Å². The summed E-state index contributed by atoms with van der Waals surface area (Å²) in [7, 11) is 2.02. The lowest BCUT2D eigenvalue weighted by molar-refractivity contribution is -0.102. The van der Waals surface area contributed by atoms with Crippen molar-refractivity contribution in [1.29, 1.82) is 0 Å². The summed E-state index contributed by atoms with van der Waals surface area (Å²) >= 11 is 0. The fourth-order valence-electron chi connectivity index (χ4n) is 1.45. The molecule has 0 aromatic carbocycles. The van der Waals surface area contributed by atoms with Gasteiger partial charge in [-0.2, -0.15) is 0 Å². The first-order chi connectivity index (χ1) is 6.53. The van der Waals surface area contributed by atoms with E-state index in [0.29, 0.717) is 0 Å². The summed E-state index contributed by atoms with van der Waals surface area (Å²) in [6.45, 7) is 0.648. The Morgan fingerprint density at radius 1 is 1.43 bits per heavy atom. The van der Waals surface area contributed by atoms with E-state index in [-0.39, 0.29) is 6.10 Å². The molecule has 14 heavy (non-hydrogen) atoms. The molecule has 5 heteroatoms. The standard InChI is InChI=1S/C9H18F2N2O/c1-13-4-2-8(3-5-13)14-7-9(10,11)6-12/h8H,2-7,12H2,1H3. The van der Waals surface area contributed by atoms with Gasteiger partial charge in [-0.05, 0) is 19.9 Å². The number of rotatable bonds is 4. The van der Waals surface area contributed by atoms with Gasteiger partial charge in [0.15, 0.2) is 0 Å². The summed E-state index contributed by atoms with van der Waals surface area (Å²) in [6.07, 6.45) is 1.64. The molecule has 0 bridgehead atoms. The average molecular weight is 208 g/mol. The quantitative estimate of drug-likeness (QED) is 0.738. The molecule has 0 radical (unpaired) electrons. The summed E-state index contributed by atoms with van der Waals surface area (Å²) in [5, 5.41) is 0. The van der Waals surface area contributed by atoms with Crippen molar-refractivity contribution in [1.82, 2.24) is 4.90 Å². The zero-order chi connectivity index (χ0) is 10.6. The molecule has 1 fully saturated rings. The molecule has 0 aromatic rings. The highest BCUT2D eigenvalue weighted by Gasteiger charge is 2.29. The van der Waals surface area contributed by atoms with Crippen LogP contribution < -0.4 is 5.73 Å². The zero-order valence-electron chi connectivity index (χ0n) is 8.51. The van der Waals surface area contributed by atoms with Gasteiger partial charge in [-0.3, -0.25) is 0 Å². The SMILES string of the molecule is CN1CCC(OCC(F)(F)CN)CC1. The second-order valence-electron chi connectivity index (χ2n) is 3.87. The number of ether oxygens (including phenoxy) is 1. The predicted molar refractivity (Wildman–Crippen MR) is 50.5 cm³/mol. The van der Waals surface area contributed by atoms with Crippen molar-refractivity contribution < 1.29 is 13.5 Å². The Balaban J connectivity index is 2.19. The number of alkyl halides is 2. The largest absolute Gasteiger partial charge is 0.372 e. The highest BCUT2D eigenvalue weighted by Crippen LogP contribution is 2.17. The maximum atomic E-state index is 12.7. The summed E-state index contributed by atoms with van der Waals surface area (Å²) in [5.41, 5.74) is 4.91. The molecule has 84 valence electrons. The van der Waals surface area contributed by atoms with Gasteiger partial charge in [-0.1, -0.05) is 0 Å². The molecule has 0 aliphatic carbocycles.